The van der Waals surface area contributed by atoms with Crippen LogP contribution in [-0.2, 0) is 0 Å². The van der Waals surface area contributed by atoms with Crippen molar-refractivity contribution in [3.05, 3.63) is 11.8 Å². The number of aromatic nitrogens is 5. The highest BCUT2D eigenvalue weighted by Crippen LogP contribution is 1.93. The molecule has 0 radical (unpaired) electrons. The molecule has 0 aromatic carbocycles. The zero-order valence-corrected chi connectivity index (χ0v) is 5.31. The molecule has 2 aromatic heterocycles. The van der Waals surface area contributed by atoms with Crippen molar-refractivity contribution in [1.29, 1.82) is 5.41 Å². The fourth-order valence-electron chi connectivity index (χ4n) is 0.750. The van der Waals surface area contributed by atoms with Gasteiger partial charge in [-0.3, -0.25) is 5.41 Å². The van der Waals surface area contributed by atoms with Crippen LogP contribution < -0.4 is 5.49 Å². The molecule has 2 aromatic rings. The highest BCUT2D eigenvalue weighted by molar-refractivity contribution is 5.65. The SMILES string of the molecule is N=c1c2n[nH]nc2ncn1O. The fraction of sp³-hybridized carbons (Fsp3) is 0. The molecule has 0 aliphatic rings. The lowest BCUT2D eigenvalue weighted by Crippen LogP contribution is -2.18. The van der Waals surface area contributed by atoms with E-state index in [1.807, 2.05) is 0 Å². The van der Waals surface area contributed by atoms with E-state index in [9.17, 15) is 0 Å². The highest BCUT2D eigenvalue weighted by atomic mass is 16.5. The molecule has 11 heavy (non-hydrogen) atoms. The molecule has 0 spiro atoms. The minimum absolute atomic E-state index is 0.135. The van der Waals surface area contributed by atoms with Crippen LogP contribution in [0.2, 0.25) is 0 Å². The van der Waals surface area contributed by atoms with Crippen molar-refractivity contribution in [1.82, 2.24) is 25.1 Å². The average molecular weight is 152 g/mol. The zero-order chi connectivity index (χ0) is 7.84. The van der Waals surface area contributed by atoms with Gasteiger partial charge in [0, 0.05) is 0 Å². The van der Waals surface area contributed by atoms with Crippen LogP contribution in [0.4, 0.5) is 0 Å². The van der Waals surface area contributed by atoms with Crippen molar-refractivity contribution in [2.24, 2.45) is 0 Å². The number of hydrogen-bond donors (Lipinski definition) is 3. The molecule has 7 nitrogen and oxygen atoms in total. The second-order valence-corrected chi connectivity index (χ2v) is 1.93. The molecular formula is C4H4N6O. The van der Waals surface area contributed by atoms with E-state index in [0.29, 0.717) is 10.4 Å². The Balaban J connectivity index is 3.05. The summed E-state index contributed by atoms with van der Waals surface area (Å²) in [5.41, 5.74) is 0.430. The maximum absolute atomic E-state index is 8.92. The third-order valence-electron chi connectivity index (χ3n) is 1.27. The number of nitrogens with zero attached hydrogens (tertiary/aromatic N) is 4. The first kappa shape index (κ1) is 5.83. The molecule has 0 saturated carbocycles. The van der Waals surface area contributed by atoms with Crippen LogP contribution in [-0.4, -0.2) is 30.3 Å². The van der Waals surface area contributed by atoms with Gasteiger partial charge in [-0.2, -0.15) is 15.0 Å². The Bertz CT molecular complexity index is 441. The van der Waals surface area contributed by atoms with E-state index in [4.69, 9.17) is 10.6 Å². The van der Waals surface area contributed by atoms with Gasteiger partial charge in [-0.25, -0.2) is 4.98 Å². The molecule has 0 bridgehead atoms. The normalized spacial score (nSPS) is 10.5. The quantitative estimate of drug-likeness (QED) is 0.415. The average Bonchev–Trinajstić information content (AvgIpc) is 2.45. The van der Waals surface area contributed by atoms with Gasteiger partial charge in [0.05, 0.1) is 0 Å². The van der Waals surface area contributed by atoms with Crippen LogP contribution in [0.15, 0.2) is 6.33 Å². The Labute approximate surface area is 59.8 Å². The summed E-state index contributed by atoms with van der Waals surface area (Å²) in [4.78, 5) is 3.69. The summed E-state index contributed by atoms with van der Waals surface area (Å²) in [6.07, 6.45) is 1.09. The smallest absolute Gasteiger partial charge is 0.207 e. The maximum Gasteiger partial charge on any atom is 0.207 e. The third kappa shape index (κ3) is 0.672. The lowest BCUT2D eigenvalue weighted by Gasteiger charge is -1.92. The van der Waals surface area contributed by atoms with E-state index in [1.165, 1.54) is 0 Å². The van der Waals surface area contributed by atoms with Crippen molar-refractivity contribution >= 4 is 11.2 Å². The summed E-state index contributed by atoms with van der Waals surface area (Å²) in [5.74, 6) is 0. The van der Waals surface area contributed by atoms with Crippen LogP contribution in [0, 0.1) is 5.41 Å². The van der Waals surface area contributed by atoms with Gasteiger partial charge in [0.15, 0.2) is 11.0 Å². The van der Waals surface area contributed by atoms with Gasteiger partial charge >= 0.3 is 0 Å². The van der Waals surface area contributed by atoms with E-state index >= 15 is 0 Å². The van der Waals surface area contributed by atoms with Gasteiger partial charge in [-0.1, -0.05) is 0 Å². The molecule has 0 unspecified atom stereocenters. The molecule has 0 aliphatic heterocycles. The second kappa shape index (κ2) is 1.78. The van der Waals surface area contributed by atoms with Crippen LogP contribution in [0.3, 0.4) is 0 Å². The van der Waals surface area contributed by atoms with E-state index < -0.39 is 0 Å². The lowest BCUT2D eigenvalue weighted by atomic mass is 10.5. The summed E-state index contributed by atoms with van der Waals surface area (Å²) < 4.78 is 0.574. The highest BCUT2D eigenvalue weighted by Gasteiger charge is 2.02. The van der Waals surface area contributed by atoms with E-state index in [2.05, 4.69) is 20.4 Å². The first-order chi connectivity index (χ1) is 5.29. The molecule has 7 heteroatoms. The maximum atomic E-state index is 8.92. The predicted octanol–water partition coefficient (Wildman–Crippen LogP) is -1.13. The Morgan fingerprint density at radius 2 is 2.36 bits per heavy atom. The first-order valence-electron chi connectivity index (χ1n) is 2.81. The molecule has 0 fully saturated rings. The molecule has 0 aliphatic carbocycles. The standard InChI is InChI=1S/C4H4N6O/c5-3-2-4(8-9-7-2)6-1-10(3)11/h1,5,11H,(H,7,8,9). The lowest BCUT2D eigenvalue weighted by molar-refractivity contribution is 0.168. The molecule has 2 rings (SSSR count). The van der Waals surface area contributed by atoms with Gasteiger partial charge in [0.2, 0.25) is 5.65 Å². The molecule has 56 valence electrons. The molecule has 0 amide bonds. The summed E-state index contributed by atoms with van der Waals surface area (Å²) in [7, 11) is 0. The van der Waals surface area contributed by atoms with Crippen molar-refractivity contribution in [2.45, 2.75) is 0 Å². The molecule has 3 N–H and O–H groups in total. The summed E-state index contributed by atoms with van der Waals surface area (Å²) >= 11 is 0. The minimum atomic E-state index is -0.135. The first-order valence-corrected chi connectivity index (χ1v) is 2.81. The monoisotopic (exact) mass is 152 g/mol. The summed E-state index contributed by atoms with van der Waals surface area (Å²) in [6, 6.07) is 0. The molecular weight excluding hydrogens is 148 g/mol. The van der Waals surface area contributed by atoms with Crippen molar-refractivity contribution in [3.8, 4) is 0 Å². The van der Waals surface area contributed by atoms with Gasteiger partial charge < -0.3 is 5.21 Å². The number of hydrogen-bond acceptors (Lipinski definition) is 5. The Morgan fingerprint density at radius 1 is 1.55 bits per heavy atom. The molecule has 0 atom stereocenters. The van der Waals surface area contributed by atoms with Crippen molar-refractivity contribution in [2.75, 3.05) is 0 Å². The predicted molar refractivity (Wildman–Crippen MR) is 32.7 cm³/mol. The zero-order valence-electron chi connectivity index (χ0n) is 5.31. The van der Waals surface area contributed by atoms with Crippen LogP contribution in [0.1, 0.15) is 0 Å². The number of rotatable bonds is 0. The van der Waals surface area contributed by atoms with E-state index in [1.54, 1.807) is 0 Å². The molecule has 2 heterocycles. The Hall–Kier alpha value is -1.92. The summed E-state index contributed by atoms with van der Waals surface area (Å²) in [6.45, 7) is 0. The van der Waals surface area contributed by atoms with Gasteiger partial charge in [-0.05, 0) is 0 Å². The third-order valence-corrected chi connectivity index (χ3v) is 1.27. The topological polar surface area (TPSA) is 103 Å². The molecule has 0 saturated heterocycles. The number of H-pyrrole nitrogens is 1. The minimum Gasteiger partial charge on any atom is -0.425 e. The fourth-order valence-corrected chi connectivity index (χ4v) is 0.750. The second-order valence-electron chi connectivity index (χ2n) is 1.93. The Morgan fingerprint density at radius 3 is 3.18 bits per heavy atom. The van der Waals surface area contributed by atoms with Crippen LogP contribution in [0.5, 0.6) is 0 Å². The van der Waals surface area contributed by atoms with Crippen molar-refractivity contribution < 1.29 is 5.21 Å². The van der Waals surface area contributed by atoms with Crippen molar-refractivity contribution in [3.63, 3.8) is 0 Å². The van der Waals surface area contributed by atoms with Gasteiger partial charge in [0.1, 0.15) is 6.33 Å². The number of fused-ring (bicyclic) bond motifs is 1. The van der Waals surface area contributed by atoms with E-state index in [-0.39, 0.29) is 11.0 Å². The van der Waals surface area contributed by atoms with Gasteiger partial charge in [0.25, 0.3) is 0 Å². The Kier molecular flexibility index (Phi) is 0.945. The largest absolute Gasteiger partial charge is 0.425 e. The number of aromatic amines is 1. The summed E-state index contributed by atoms with van der Waals surface area (Å²) in [5, 5.41) is 25.7. The van der Waals surface area contributed by atoms with E-state index in [0.717, 1.165) is 6.33 Å². The van der Waals surface area contributed by atoms with Gasteiger partial charge in [-0.15, -0.1) is 5.10 Å². The van der Waals surface area contributed by atoms with Crippen LogP contribution in [0.25, 0.3) is 11.2 Å². The van der Waals surface area contributed by atoms with Crippen LogP contribution >= 0.6 is 0 Å². The number of nitrogens with one attached hydrogen (secondary N) is 2.